The predicted octanol–water partition coefficient (Wildman–Crippen LogP) is 7.25. The maximum Gasteiger partial charge on any atom is 0.432 e. The standard InChI is InChI=1S/C31H31F3O6/c1-36-26-19-22-15-18-24(40-29(35)30(38-3,31(32,33)34)23-10-5-4-6-11-23)12-8-7-9-21-13-16-25(17-14-21)39-27(20-22)28(26)37-2/h4-6,10-11,13-20,24H,7-9,12H2,1-3H3/b18-15-/t24-,30-/m1/s1. The quantitative estimate of drug-likeness (QED) is 0.298. The fraction of sp³-hybridized carbons (Fsp3) is 0.323. The van der Waals surface area contributed by atoms with Gasteiger partial charge < -0.3 is 23.7 Å². The number of benzene rings is 3. The molecule has 6 nitrogen and oxygen atoms in total. The molecule has 40 heavy (non-hydrogen) atoms. The van der Waals surface area contributed by atoms with Gasteiger partial charge in [0.15, 0.2) is 11.5 Å². The summed E-state index contributed by atoms with van der Waals surface area (Å²) in [6, 6.07) is 17.8. The molecule has 0 saturated carbocycles. The van der Waals surface area contributed by atoms with Gasteiger partial charge in [0.1, 0.15) is 11.9 Å². The second kappa shape index (κ2) is 12.5. The maximum absolute atomic E-state index is 14.4. The Morgan fingerprint density at radius 1 is 0.925 bits per heavy atom. The van der Waals surface area contributed by atoms with Gasteiger partial charge in [0, 0.05) is 12.7 Å². The van der Waals surface area contributed by atoms with Crippen LogP contribution in [0.1, 0.15) is 36.0 Å². The van der Waals surface area contributed by atoms with Gasteiger partial charge in [-0.15, -0.1) is 0 Å². The largest absolute Gasteiger partial charge is 0.493 e. The van der Waals surface area contributed by atoms with Gasteiger partial charge in [-0.1, -0.05) is 48.5 Å². The zero-order chi connectivity index (χ0) is 28.8. The van der Waals surface area contributed by atoms with Crippen LogP contribution in [0.25, 0.3) is 6.08 Å². The minimum absolute atomic E-state index is 0.309. The predicted molar refractivity (Wildman–Crippen MR) is 144 cm³/mol. The van der Waals surface area contributed by atoms with Crippen LogP contribution >= 0.6 is 0 Å². The molecule has 0 aliphatic carbocycles. The normalized spacial score (nSPS) is 17.9. The summed E-state index contributed by atoms with van der Waals surface area (Å²) in [7, 11) is 3.84. The third-order valence-electron chi connectivity index (χ3n) is 6.76. The van der Waals surface area contributed by atoms with Crippen molar-refractivity contribution in [2.75, 3.05) is 21.3 Å². The molecule has 3 aromatic carbocycles. The molecule has 0 fully saturated rings. The van der Waals surface area contributed by atoms with Crippen molar-refractivity contribution in [1.29, 1.82) is 0 Å². The van der Waals surface area contributed by atoms with Crippen LogP contribution in [0.2, 0.25) is 0 Å². The Balaban J connectivity index is 1.72. The van der Waals surface area contributed by atoms with E-state index in [1.807, 2.05) is 24.3 Å². The van der Waals surface area contributed by atoms with Crippen LogP contribution in [0.3, 0.4) is 0 Å². The lowest BCUT2D eigenvalue weighted by molar-refractivity contribution is -0.277. The van der Waals surface area contributed by atoms with Crippen LogP contribution in [-0.2, 0) is 26.3 Å². The molecule has 0 aromatic heterocycles. The Hall–Kier alpha value is -3.98. The zero-order valence-electron chi connectivity index (χ0n) is 22.5. The highest BCUT2D eigenvalue weighted by Crippen LogP contribution is 2.44. The van der Waals surface area contributed by atoms with Gasteiger partial charge >= 0.3 is 12.1 Å². The van der Waals surface area contributed by atoms with Gasteiger partial charge in [-0.05, 0) is 67.2 Å². The molecule has 2 aliphatic rings. The molecule has 0 radical (unpaired) electrons. The fourth-order valence-corrected chi connectivity index (χ4v) is 4.67. The van der Waals surface area contributed by atoms with Gasteiger partial charge in [-0.3, -0.25) is 0 Å². The summed E-state index contributed by atoms with van der Waals surface area (Å²) in [5.41, 5.74) is -1.95. The Labute approximate surface area is 231 Å². The number of methoxy groups -OCH3 is 3. The van der Waals surface area contributed by atoms with Crippen LogP contribution in [0.15, 0.2) is 72.8 Å². The smallest absolute Gasteiger partial charge is 0.432 e. The molecule has 2 aliphatic heterocycles. The molecule has 5 rings (SSSR count). The number of alkyl halides is 3. The number of esters is 1. The number of carbonyl (C=O) groups is 1. The third kappa shape index (κ3) is 6.09. The monoisotopic (exact) mass is 556 g/mol. The van der Waals surface area contributed by atoms with Gasteiger partial charge in [0.25, 0.3) is 5.60 Å². The summed E-state index contributed by atoms with van der Waals surface area (Å²) in [4.78, 5) is 13.3. The Morgan fingerprint density at radius 2 is 1.65 bits per heavy atom. The number of carbonyl (C=O) groups excluding carboxylic acids is 1. The Bertz CT molecular complexity index is 1320. The fourth-order valence-electron chi connectivity index (χ4n) is 4.67. The highest BCUT2D eigenvalue weighted by atomic mass is 19.4. The minimum atomic E-state index is -5.06. The Morgan fingerprint density at radius 3 is 2.27 bits per heavy atom. The number of halogens is 3. The van der Waals surface area contributed by atoms with Crippen LogP contribution in [0.5, 0.6) is 23.0 Å². The number of rotatable bonds is 6. The molecule has 2 atom stereocenters. The number of ether oxygens (including phenoxy) is 5. The van der Waals surface area contributed by atoms with Crippen molar-refractivity contribution in [1.82, 2.24) is 0 Å². The molecule has 0 amide bonds. The highest BCUT2D eigenvalue weighted by molar-refractivity contribution is 5.83. The lowest BCUT2D eigenvalue weighted by Crippen LogP contribution is -2.52. The number of fused-ring (bicyclic) bond motifs is 7. The van der Waals surface area contributed by atoms with Gasteiger partial charge in [-0.25, -0.2) is 4.79 Å². The first-order chi connectivity index (χ1) is 19.2. The first-order valence-electron chi connectivity index (χ1n) is 12.8. The molecular formula is C31H31F3O6. The summed E-state index contributed by atoms with van der Waals surface area (Å²) in [5, 5.41) is 0. The van der Waals surface area contributed by atoms with Crippen molar-refractivity contribution in [3.8, 4) is 23.0 Å². The average molecular weight is 557 g/mol. The summed E-state index contributed by atoms with van der Waals surface area (Å²) in [5.74, 6) is 0.239. The highest BCUT2D eigenvalue weighted by Gasteiger charge is 2.64. The lowest BCUT2D eigenvalue weighted by Gasteiger charge is -2.33. The molecule has 212 valence electrons. The van der Waals surface area contributed by atoms with Crippen molar-refractivity contribution in [3.63, 3.8) is 0 Å². The summed E-state index contributed by atoms with van der Waals surface area (Å²) < 4.78 is 70.8. The second-order valence-electron chi connectivity index (χ2n) is 9.30. The lowest BCUT2D eigenvalue weighted by atomic mass is 9.92. The van der Waals surface area contributed by atoms with Crippen LogP contribution < -0.4 is 14.2 Å². The van der Waals surface area contributed by atoms with E-state index in [-0.39, 0.29) is 5.56 Å². The molecule has 4 bridgehead atoms. The number of hydrogen-bond donors (Lipinski definition) is 0. The Kier molecular flexibility index (Phi) is 9.04. The summed E-state index contributed by atoms with van der Waals surface area (Å²) in [6.07, 6.45) is -0.411. The topological polar surface area (TPSA) is 63.2 Å². The third-order valence-corrected chi connectivity index (χ3v) is 6.76. The molecule has 9 heteroatoms. The van der Waals surface area contributed by atoms with Crippen molar-refractivity contribution in [2.24, 2.45) is 0 Å². The minimum Gasteiger partial charge on any atom is -0.493 e. The van der Waals surface area contributed by atoms with Crippen LogP contribution in [-0.4, -0.2) is 39.6 Å². The molecule has 0 spiro atoms. The molecule has 0 N–H and O–H groups in total. The first-order valence-corrected chi connectivity index (χ1v) is 12.8. The van der Waals surface area contributed by atoms with E-state index in [1.54, 1.807) is 30.4 Å². The van der Waals surface area contributed by atoms with Crippen molar-refractivity contribution in [3.05, 3.63) is 89.5 Å². The van der Waals surface area contributed by atoms with E-state index in [1.165, 1.54) is 38.5 Å². The number of hydrogen-bond acceptors (Lipinski definition) is 6. The van der Waals surface area contributed by atoms with E-state index in [0.29, 0.717) is 41.4 Å². The van der Waals surface area contributed by atoms with Crippen molar-refractivity contribution >= 4 is 12.0 Å². The molecular weight excluding hydrogens is 525 g/mol. The zero-order valence-corrected chi connectivity index (χ0v) is 22.5. The maximum atomic E-state index is 14.4. The molecule has 2 heterocycles. The van der Waals surface area contributed by atoms with E-state index in [0.717, 1.165) is 25.5 Å². The van der Waals surface area contributed by atoms with Gasteiger partial charge in [0.2, 0.25) is 5.75 Å². The van der Waals surface area contributed by atoms with E-state index in [2.05, 4.69) is 0 Å². The average Bonchev–Trinajstić information content (AvgIpc) is 2.95. The first kappa shape index (κ1) is 29.0. The van der Waals surface area contributed by atoms with E-state index < -0.39 is 23.9 Å². The van der Waals surface area contributed by atoms with Crippen molar-refractivity contribution < 1.29 is 41.7 Å². The van der Waals surface area contributed by atoms with Crippen molar-refractivity contribution in [2.45, 2.75) is 43.6 Å². The van der Waals surface area contributed by atoms with E-state index >= 15 is 0 Å². The van der Waals surface area contributed by atoms with E-state index in [4.69, 9.17) is 23.7 Å². The molecule has 3 aromatic rings. The summed E-state index contributed by atoms with van der Waals surface area (Å²) >= 11 is 0. The molecule has 0 saturated heterocycles. The van der Waals surface area contributed by atoms with Crippen LogP contribution in [0.4, 0.5) is 13.2 Å². The van der Waals surface area contributed by atoms with Crippen LogP contribution in [0, 0.1) is 0 Å². The van der Waals surface area contributed by atoms with Gasteiger partial charge in [0.05, 0.1) is 14.2 Å². The van der Waals surface area contributed by atoms with E-state index in [9.17, 15) is 18.0 Å². The molecule has 0 unspecified atom stereocenters. The number of aryl methyl sites for hydroxylation is 1. The van der Waals surface area contributed by atoms with Gasteiger partial charge in [-0.2, -0.15) is 13.2 Å². The SMILES string of the molecule is COc1cc2cc(c1OC)Oc1ccc(cc1)CCCC[C@@H](OC(=O)[C@](OC)(c1ccccc1)C(F)(F)F)/C=C\2. The second-order valence-corrected chi connectivity index (χ2v) is 9.30. The summed E-state index contributed by atoms with van der Waals surface area (Å²) in [6.45, 7) is 0.